The molecule has 0 spiro atoms. The third kappa shape index (κ3) is 3.61. The van der Waals surface area contributed by atoms with E-state index in [2.05, 4.69) is 17.2 Å². The van der Waals surface area contributed by atoms with Gasteiger partial charge in [-0.05, 0) is 50.5 Å². The van der Waals surface area contributed by atoms with Gasteiger partial charge >= 0.3 is 6.03 Å². The first kappa shape index (κ1) is 23.1. The Morgan fingerprint density at radius 1 is 1.11 bits per heavy atom. The van der Waals surface area contributed by atoms with Gasteiger partial charge in [0.25, 0.3) is 11.8 Å². The lowest BCUT2D eigenvalue weighted by molar-refractivity contribution is -0.125. The Kier molecular flexibility index (Phi) is 5.87. The lowest BCUT2D eigenvalue weighted by Crippen LogP contribution is -2.49. The van der Waals surface area contributed by atoms with Crippen molar-refractivity contribution in [2.75, 3.05) is 11.4 Å². The first-order valence-electron chi connectivity index (χ1n) is 12.5. The van der Waals surface area contributed by atoms with Crippen LogP contribution in [0.2, 0.25) is 0 Å². The van der Waals surface area contributed by atoms with Gasteiger partial charge in [0.2, 0.25) is 0 Å². The average Bonchev–Trinajstić information content (AvgIpc) is 3.33. The number of hydrogen-bond acceptors (Lipinski definition) is 3. The van der Waals surface area contributed by atoms with Crippen LogP contribution >= 0.6 is 0 Å². The Morgan fingerprint density at radius 2 is 1.86 bits per heavy atom. The molecule has 0 bridgehead atoms. The van der Waals surface area contributed by atoms with Crippen LogP contribution in [0.1, 0.15) is 68.1 Å². The number of carbonyl (C=O) groups excluding carboxylic acids is 3. The number of H-pyrrole nitrogens is 1. The van der Waals surface area contributed by atoms with Crippen molar-refractivity contribution in [3.05, 3.63) is 65.4 Å². The van der Waals surface area contributed by atoms with Gasteiger partial charge in [-0.2, -0.15) is 0 Å². The van der Waals surface area contributed by atoms with E-state index in [0.29, 0.717) is 24.2 Å². The molecule has 2 aliphatic rings. The highest BCUT2D eigenvalue weighted by molar-refractivity contribution is 6.25. The second-order valence-corrected chi connectivity index (χ2v) is 9.81. The maximum absolute atomic E-state index is 14.0. The number of urea groups is 1. The van der Waals surface area contributed by atoms with Crippen LogP contribution in [0.15, 0.2) is 48.5 Å². The fourth-order valence-corrected chi connectivity index (χ4v) is 5.54. The molecule has 2 aliphatic heterocycles. The van der Waals surface area contributed by atoms with E-state index in [9.17, 15) is 14.4 Å². The van der Waals surface area contributed by atoms with Crippen molar-refractivity contribution >= 4 is 34.4 Å². The standard InChI is InChI=1S/C28H32N4O3/c1-4-5-6-11-18(2)29-25(33)21-13-8-10-15-23(21)32-26(34)28(3)24-20(16-17-31(28)27(32)35)19-12-7-9-14-22(19)30-24/h7-10,12-15,18,30H,4-6,11,16-17H2,1-3H3,(H,29,33). The predicted octanol–water partition coefficient (Wildman–Crippen LogP) is 5.11. The zero-order valence-electron chi connectivity index (χ0n) is 20.6. The fraction of sp³-hybridized carbons (Fsp3) is 0.393. The Hall–Kier alpha value is -3.61. The van der Waals surface area contributed by atoms with Crippen LogP contribution in [0.3, 0.4) is 0 Å². The van der Waals surface area contributed by atoms with Crippen LogP contribution < -0.4 is 10.2 Å². The molecule has 7 nitrogen and oxygen atoms in total. The van der Waals surface area contributed by atoms with E-state index in [1.807, 2.05) is 31.2 Å². The summed E-state index contributed by atoms with van der Waals surface area (Å²) < 4.78 is 0. The van der Waals surface area contributed by atoms with Gasteiger partial charge in [0.05, 0.1) is 16.9 Å². The number of rotatable bonds is 7. The molecule has 2 aromatic carbocycles. The average molecular weight is 473 g/mol. The lowest BCUT2D eigenvalue weighted by Gasteiger charge is -2.35. The van der Waals surface area contributed by atoms with Gasteiger partial charge in [-0.3, -0.25) is 9.59 Å². The van der Waals surface area contributed by atoms with Crippen molar-refractivity contribution in [1.29, 1.82) is 0 Å². The highest BCUT2D eigenvalue weighted by Gasteiger charge is 2.59. The van der Waals surface area contributed by atoms with Gasteiger partial charge in [-0.15, -0.1) is 0 Å². The van der Waals surface area contributed by atoms with Gasteiger partial charge in [-0.1, -0.05) is 56.5 Å². The van der Waals surface area contributed by atoms with E-state index in [0.717, 1.165) is 47.8 Å². The van der Waals surface area contributed by atoms with Crippen molar-refractivity contribution in [3.8, 4) is 0 Å². The van der Waals surface area contributed by atoms with Gasteiger partial charge in [0.15, 0.2) is 5.54 Å². The van der Waals surface area contributed by atoms with Gasteiger partial charge in [0, 0.05) is 23.5 Å². The van der Waals surface area contributed by atoms with Crippen LogP contribution in [0.4, 0.5) is 10.5 Å². The second kappa shape index (κ2) is 8.87. The normalized spacial score (nSPS) is 20.2. The zero-order valence-corrected chi connectivity index (χ0v) is 20.6. The molecular weight excluding hydrogens is 440 g/mol. The van der Waals surface area contributed by atoms with Crippen LogP contribution in [0, 0.1) is 0 Å². The lowest BCUT2D eigenvalue weighted by atomic mass is 9.87. The van der Waals surface area contributed by atoms with Crippen LogP contribution in [0.25, 0.3) is 10.9 Å². The van der Waals surface area contributed by atoms with Crippen LogP contribution in [-0.2, 0) is 16.8 Å². The van der Waals surface area contributed by atoms with Crippen molar-refractivity contribution in [2.24, 2.45) is 0 Å². The molecular formula is C28H32N4O3. The van der Waals surface area contributed by atoms with Crippen molar-refractivity contribution in [1.82, 2.24) is 15.2 Å². The molecule has 1 saturated heterocycles. The third-order valence-corrected chi connectivity index (χ3v) is 7.48. The number of nitrogens with one attached hydrogen (secondary N) is 2. The molecule has 0 aliphatic carbocycles. The predicted molar refractivity (Wildman–Crippen MR) is 136 cm³/mol. The minimum absolute atomic E-state index is 0.00448. The summed E-state index contributed by atoms with van der Waals surface area (Å²) in [6.45, 7) is 6.38. The van der Waals surface area contributed by atoms with Crippen molar-refractivity contribution in [2.45, 2.75) is 64.5 Å². The summed E-state index contributed by atoms with van der Waals surface area (Å²) in [5, 5.41) is 4.13. The number of nitrogens with zero attached hydrogens (tertiary/aromatic N) is 2. The molecule has 3 heterocycles. The highest BCUT2D eigenvalue weighted by atomic mass is 16.2. The number of aromatic amines is 1. The van der Waals surface area contributed by atoms with Gasteiger partial charge in [0.1, 0.15) is 0 Å². The van der Waals surface area contributed by atoms with E-state index in [4.69, 9.17) is 0 Å². The molecule has 3 aromatic rings. The van der Waals surface area contributed by atoms with E-state index >= 15 is 0 Å². The Labute approximate surface area is 205 Å². The van der Waals surface area contributed by atoms with Gasteiger partial charge in [-0.25, -0.2) is 9.69 Å². The minimum atomic E-state index is -1.15. The van der Waals surface area contributed by atoms with E-state index < -0.39 is 11.6 Å². The minimum Gasteiger partial charge on any atom is -0.356 e. The number of fused-ring (bicyclic) bond motifs is 5. The molecule has 7 heteroatoms. The molecule has 4 amide bonds. The third-order valence-electron chi connectivity index (χ3n) is 7.48. The van der Waals surface area contributed by atoms with Crippen molar-refractivity contribution < 1.29 is 14.4 Å². The van der Waals surface area contributed by atoms with E-state index in [1.54, 1.807) is 36.1 Å². The number of aromatic nitrogens is 1. The molecule has 2 unspecified atom stereocenters. The number of para-hydroxylation sites is 2. The number of unbranched alkanes of at least 4 members (excludes halogenated alkanes) is 2. The van der Waals surface area contributed by atoms with E-state index in [-0.39, 0.29) is 17.9 Å². The van der Waals surface area contributed by atoms with Crippen LogP contribution in [0.5, 0.6) is 0 Å². The summed E-state index contributed by atoms with van der Waals surface area (Å²) in [5.41, 5.74) is 2.30. The summed E-state index contributed by atoms with van der Waals surface area (Å²) in [6.07, 6.45) is 4.84. The molecule has 2 atom stereocenters. The Balaban J connectivity index is 1.49. The number of hydrogen-bond donors (Lipinski definition) is 2. The largest absolute Gasteiger partial charge is 0.356 e. The first-order chi connectivity index (χ1) is 16.9. The quantitative estimate of drug-likeness (QED) is 0.370. The number of imide groups is 1. The topological polar surface area (TPSA) is 85.5 Å². The number of benzene rings is 2. The summed E-state index contributed by atoms with van der Waals surface area (Å²) in [4.78, 5) is 47.1. The molecule has 0 saturated carbocycles. The van der Waals surface area contributed by atoms with Gasteiger partial charge < -0.3 is 15.2 Å². The first-order valence-corrected chi connectivity index (χ1v) is 12.5. The summed E-state index contributed by atoms with van der Waals surface area (Å²) in [7, 11) is 0. The van der Waals surface area contributed by atoms with E-state index in [1.165, 1.54) is 4.90 Å². The number of anilines is 1. The van der Waals surface area contributed by atoms with Crippen molar-refractivity contribution in [3.63, 3.8) is 0 Å². The SMILES string of the molecule is CCCCCC(C)NC(=O)c1ccccc1N1C(=O)N2CCc3c([nH]c4ccccc34)C2(C)C1=O. The smallest absolute Gasteiger partial charge is 0.332 e. The fourth-order valence-electron chi connectivity index (χ4n) is 5.54. The Morgan fingerprint density at radius 3 is 2.66 bits per heavy atom. The summed E-state index contributed by atoms with van der Waals surface area (Å²) in [6, 6.07) is 14.5. The Bertz CT molecular complexity index is 1310. The summed E-state index contributed by atoms with van der Waals surface area (Å²) in [5.74, 6) is -0.613. The summed E-state index contributed by atoms with van der Waals surface area (Å²) >= 11 is 0. The maximum atomic E-state index is 14.0. The highest BCUT2D eigenvalue weighted by Crippen LogP contribution is 2.45. The molecule has 1 aromatic heterocycles. The second-order valence-electron chi connectivity index (χ2n) is 9.81. The number of amides is 4. The zero-order chi connectivity index (χ0) is 24.7. The maximum Gasteiger partial charge on any atom is 0.332 e. The molecule has 182 valence electrons. The van der Waals surface area contributed by atoms with Crippen LogP contribution in [-0.4, -0.2) is 40.3 Å². The molecule has 2 N–H and O–H groups in total. The number of carbonyl (C=O) groups is 3. The molecule has 35 heavy (non-hydrogen) atoms. The monoisotopic (exact) mass is 472 g/mol. The molecule has 1 fully saturated rings. The molecule has 0 radical (unpaired) electrons. The molecule has 5 rings (SSSR count).